The normalized spacial score (nSPS) is 14.7. The van der Waals surface area contributed by atoms with Crippen molar-refractivity contribution >= 4 is 39.5 Å². The van der Waals surface area contributed by atoms with E-state index in [1.54, 1.807) is 0 Å². The molecule has 0 bridgehead atoms. The summed E-state index contributed by atoms with van der Waals surface area (Å²) in [5.74, 6) is 0.252. The fourth-order valence-corrected chi connectivity index (χ4v) is 12.8. The molecule has 17 nitrogen and oxygen atoms in total. The number of hydrogen-bond donors (Lipinski definition) is 3. The molecule has 0 heterocycles. The van der Waals surface area contributed by atoms with Crippen molar-refractivity contribution < 1.29 is 80.2 Å². The van der Waals surface area contributed by atoms with Gasteiger partial charge in [0.2, 0.25) is 0 Å². The summed E-state index contributed by atoms with van der Waals surface area (Å²) in [4.78, 5) is 72.7. The van der Waals surface area contributed by atoms with Crippen molar-refractivity contribution in [2.75, 3.05) is 39.6 Å². The zero-order valence-corrected chi connectivity index (χ0v) is 62.5. The van der Waals surface area contributed by atoms with Gasteiger partial charge < -0.3 is 33.8 Å². The van der Waals surface area contributed by atoms with Crippen LogP contribution < -0.4 is 0 Å². The smallest absolute Gasteiger partial charge is 0.462 e. The van der Waals surface area contributed by atoms with Crippen molar-refractivity contribution in [3.63, 3.8) is 0 Å². The van der Waals surface area contributed by atoms with E-state index >= 15 is 0 Å². The average molecular weight is 1370 g/mol. The predicted molar refractivity (Wildman–Crippen MR) is 377 cm³/mol. The summed E-state index contributed by atoms with van der Waals surface area (Å²) in [5, 5.41) is 10.6. The number of phosphoric acid groups is 2. The highest BCUT2D eigenvalue weighted by molar-refractivity contribution is 7.47. The number of hydrogen-bond acceptors (Lipinski definition) is 15. The van der Waals surface area contributed by atoms with Gasteiger partial charge in [0.25, 0.3) is 0 Å². The van der Waals surface area contributed by atoms with Gasteiger partial charge in [-0.1, -0.05) is 325 Å². The molecule has 0 saturated heterocycles. The van der Waals surface area contributed by atoms with Gasteiger partial charge in [-0.3, -0.25) is 37.3 Å². The Morgan fingerprint density at radius 3 is 0.817 bits per heavy atom. The van der Waals surface area contributed by atoms with Crippen LogP contribution in [-0.2, 0) is 65.4 Å². The number of aliphatic hydroxyl groups excluding tert-OH is 1. The second kappa shape index (κ2) is 64.7. The van der Waals surface area contributed by atoms with E-state index in [0.29, 0.717) is 25.7 Å². The van der Waals surface area contributed by atoms with E-state index in [1.807, 2.05) is 0 Å². The summed E-state index contributed by atoms with van der Waals surface area (Å²) in [7, 11) is -9.91. The molecule has 19 heteroatoms. The first kappa shape index (κ1) is 91.1. The maximum absolute atomic E-state index is 13.1. The highest BCUT2D eigenvalue weighted by atomic mass is 31.2. The molecule has 7 atom stereocenters. The first-order chi connectivity index (χ1) is 44.8. The second-order valence-electron chi connectivity index (χ2n) is 27.6. The molecule has 0 aliphatic heterocycles. The molecule has 0 saturated carbocycles. The molecule has 4 unspecified atom stereocenters. The van der Waals surface area contributed by atoms with Crippen LogP contribution in [0.3, 0.4) is 0 Å². The van der Waals surface area contributed by atoms with Crippen molar-refractivity contribution in [3.8, 4) is 0 Å². The average Bonchev–Trinajstić information content (AvgIpc) is 2.82. The van der Waals surface area contributed by atoms with Gasteiger partial charge in [-0.25, -0.2) is 9.13 Å². The molecule has 0 aliphatic rings. The minimum atomic E-state index is -4.96. The maximum Gasteiger partial charge on any atom is 0.472 e. The number of phosphoric ester groups is 2. The fourth-order valence-electron chi connectivity index (χ4n) is 11.2. The standard InChI is InChI=1S/C74H144O17P2/c1-8-11-12-13-14-15-26-34-41-48-55-71(76)84-62-70(91-74(79)58-51-44-37-30-29-31-38-45-52-65(4)5)64-89-93(82,83)87-60-68(75)59-86-92(80,81)88-63-69(61-85-72(77)56-49-42-35-27-23-22-25-33-40-47-54-67(7)10-3)90-73(78)57-50-43-36-28-21-19-17-16-18-20-24-32-39-46-53-66(6)9-2/h65-70,75H,8-64H2,1-7H3,(H,80,81)(H,82,83)/t66?,67?,68-,69-,70-/m1/s1. The molecule has 0 aliphatic carbocycles. The van der Waals surface area contributed by atoms with Crippen molar-refractivity contribution in [2.24, 2.45) is 17.8 Å². The summed E-state index contributed by atoms with van der Waals surface area (Å²) in [6.45, 7) is 11.9. The van der Waals surface area contributed by atoms with Crippen molar-refractivity contribution in [1.82, 2.24) is 0 Å². The summed E-state index contributed by atoms with van der Waals surface area (Å²) < 4.78 is 68.4. The van der Waals surface area contributed by atoms with Gasteiger partial charge >= 0.3 is 39.5 Å². The van der Waals surface area contributed by atoms with Gasteiger partial charge in [0, 0.05) is 25.7 Å². The first-order valence-corrected chi connectivity index (χ1v) is 41.4. The molecule has 0 aromatic heterocycles. The van der Waals surface area contributed by atoms with Crippen molar-refractivity contribution in [2.45, 2.75) is 394 Å². The topological polar surface area (TPSA) is 237 Å². The SMILES string of the molecule is CCCCCCCCCCCCC(=O)OC[C@H](COP(=O)(O)OC[C@H](O)COP(=O)(O)OC[C@@H](COC(=O)CCCCCCCCCCCCC(C)CC)OC(=O)CCCCCCCCCCCCCCCCC(C)CC)OC(=O)CCCCCCCCCCC(C)C. The molecule has 0 rings (SSSR count). The number of ether oxygens (including phenoxy) is 4. The molecular weight excluding hydrogens is 1220 g/mol. The summed E-state index contributed by atoms with van der Waals surface area (Å²) in [6, 6.07) is 0. The minimum absolute atomic E-state index is 0.104. The van der Waals surface area contributed by atoms with Crippen LogP contribution in [0.4, 0.5) is 0 Å². The molecule has 0 spiro atoms. The molecule has 0 aromatic rings. The van der Waals surface area contributed by atoms with Crippen molar-refractivity contribution in [1.29, 1.82) is 0 Å². The zero-order valence-electron chi connectivity index (χ0n) is 60.7. The van der Waals surface area contributed by atoms with Crippen LogP contribution in [0.2, 0.25) is 0 Å². The van der Waals surface area contributed by atoms with E-state index in [9.17, 15) is 43.2 Å². The lowest BCUT2D eigenvalue weighted by Gasteiger charge is -2.21. The largest absolute Gasteiger partial charge is 0.472 e. The van der Waals surface area contributed by atoms with Gasteiger partial charge in [-0.15, -0.1) is 0 Å². The highest BCUT2D eigenvalue weighted by Crippen LogP contribution is 2.45. The molecule has 0 radical (unpaired) electrons. The van der Waals surface area contributed by atoms with Gasteiger partial charge in [-0.2, -0.15) is 0 Å². The predicted octanol–water partition coefficient (Wildman–Crippen LogP) is 21.4. The second-order valence-corrected chi connectivity index (χ2v) is 30.6. The Hall–Kier alpha value is -1.94. The van der Waals surface area contributed by atoms with Crippen LogP contribution >= 0.6 is 15.6 Å². The Kier molecular flexibility index (Phi) is 63.4. The number of carbonyl (C=O) groups is 4. The van der Waals surface area contributed by atoms with Crippen LogP contribution in [0.5, 0.6) is 0 Å². The lowest BCUT2D eigenvalue weighted by molar-refractivity contribution is -0.161. The Morgan fingerprint density at radius 1 is 0.312 bits per heavy atom. The van der Waals surface area contributed by atoms with Gasteiger partial charge in [0.05, 0.1) is 26.4 Å². The Balaban J connectivity index is 5.24. The number of carbonyl (C=O) groups excluding carboxylic acids is 4. The van der Waals surface area contributed by atoms with E-state index < -0.39 is 97.5 Å². The third-order valence-corrected chi connectivity index (χ3v) is 19.8. The first-order valence-electron chi connectivity index (χ1n) is 38.4. The molecule has 0 amide bonds. The quantitative estimate of drug-likeness (QED) is 0.0222. The number of aliphatic hydroxyl groups is 1. The number of rotatable bonds is 72. The lowest BCUT2D eigenvalue weighted by atomic mass is 9.99. The summed E-state index contributed by atoms with van der Waals surface area (Å²) >= 11 is 0. The number of unbranched alkanes of at least 4 members (excludes halogenated alkanes) is 38. The Labute approximate surface area is 568 Å². The molecule has 552 valence electrons. The van der Waals surface area contributed by atoms with E-state index in [-0.39, 0.29) is 25.7 Å². The van der Waals surface area contributed by atoms with Crippen molar-refractivity contribution in [3.05, 3.63) is 0 Å². The Morgan fingerprint density at radius 2 is 0.548 bits per heavy atom. The fraction of sp³-hybridized carbons (Fsp3) is 0.946. The van der Waals surface area contributed by atoms with E-state index in [4.69, 9.17) is 37.0 Å². The summed E-state index contributed by atoms with van der Waals surface area (Å²) in [6.07, 6.45) is 49.8. The number of esters is 4. The van der Waals surface area contributed by atoms with Crippen LogP contribution in [0, 0.1) is 17.8 Å². The van der Waals surface area contributed by atoms with E-state index in [2.05, 4.69) is 48.5 Å². The third-order valence-electron chi connectivity index (χ3n) is 17.9. The third kappa shape index (κ3) is 65.8. The zero-order chi connectivity index (χ0) is 68.7. The Bertz CT molecular complexity index is 1820. The van der Waals surface area contributed by atoms with Crippen LogP contribution in [0.15, 0.2) is 0 Å². The molecule has 3 N–H and O–H groups in total. The van der Waals surface area contributed by atoms with Crippen LogP contribution in [0.25, 0.3) is 0 Å². The highest BCUT2D eigenvalue weighted by Gasteiger charge is 2.30. The molecular formula is C74H144O17P2. The maximum atomic E-state index is 13.1. The monoisotopic (exact) mass is 1370 g/mol. The van der Waals surface area contributed by atoms with E-state index in [1.165, 1.54) is 186 Å². The molecule has 0 fully saturated rings. The van der Waals surface area contributed by atoms with Gasteiger partial charge in [0.15, 0.2) is 12.2 Å². The van der Waals surface area contributed by atoms with Gasteiger partial charge in [-0.05, 0) is 43.4 Å². The minimum Gasteiger partial charge on any atom is -0.462 e. The van der Waals surface area contributed by atoms with Gasteiger partial charge in [0.1, 0.15) is 19.3 Å². The van der Waals surface area contributed by atoms with Crippen LogP contribution in [-0.4, -0.2) is 96.7 Å². The molecule has 0 aromatic carbocycles. The lowest BCUT2D eigenvalue weighted by Crippen LogP contribution is -2.30. The molecule has 93 heavy (non-hydrogen) atoms. The van der Waals surface area contributed by atoms with E-state index in [0.717, 1.165) is 108 Å². The van der Waals surface area contributed by atoms with Crippen LogP contribution in [0.1, 0.15) is 376 Å². The summed E-state index contributed by atoms with van der Waals surface area (Å²) in [5.41, 5.74) is 0.